The van der Waals surface area contributed by atoms with Crippen molar-refractivity contribution >= 4 is 28.0 Å². The number of hydrogen-bond acceptors (Lipinski definition) is 4. The number of ether oxygens (including phenoxy) is 1. The molecule has 0 aliphatic rings. The Morgan fingerprint density at radius 3 is 2.39 bits per heavy atom. The summed E-state index contributed by atoms with van der Waals surface area (Å²) in [5.74, 6) is -0.310. The normalized spacial score (nSPS) is 11.1. The zero-order chi connectivity index (χ0) is 19.8. The summed E-state index contributed by atoms with van der Waals surface area (Å²) in [5.41, 5.74) is 7.93. The van der Waals surface area contributed by atoms with Gasteiger partial charge < -0.3 is 14.9 Å². The standard InChI is InChI=1S/C22H17FN2O3/c1-28-16-7-9-18-14(10-16)4-8-19-17(21(26)12-24)11-20(25(18)19)22(27)13-2-5-15(23)6-3-13/h2-11H,12,24H2,1H3. The van der Waals surface area contributed by atoms with Crippen molar-refractivity contribution in [3.8, 4) is 5.75 Å². The number of nitrogens with two attached hydrogens (primary N) is 1. The van der Waals surface area contributed by atoms with E-state index in [9.17, 15) is 14.0 Å². The maximum atomic E-state index is 13.3. The summed E-state index contributed by atoms with van der Waals surface area (Å²) < 4.78 is 20.3. The summed E-state index contributed by atoms with van der Waals surface area (Å²) in [5, 5.41) is 0.849. The second-order valence-corrected chi connectivity index (χ2v) is 6.39. The van der Waals surface area contributed by atoms with Gasteiger partial charge in [-0.1, -0.05) is 6.07 Å². The molecule has 0 radical (unpaired) electrons. The first kappa shape index (κ1) is 17.9. The molecule has 5 nitrogen and oxygen atoms in total. The molecule has 0 saturated carbocycles. The summed E-state index contributed by atoms with van der Waals surface area (Å²) in [4.78, 5) is 25.5. The number of benzene rings is 2. The van der Waals surface area contributed by atoms with E-state index in [1.165, 1.54) is 24.3 Å². The fraction of sp³-hybridized carbons (Fsp3) is 0.0909. The van der Waals surface area contributed by atoms with Crippen molar-refractivity contribution in [2.75, 3.05) is 13.7 Å². The van der Waals surface area contributed by atoms with Crippen LogP contribution in [0.2, 0.25) is 0 Å². The number of hydrogen-bond donors (Lipinski definition) is 1. The van der Waals surface area contributed by atoms with Crippen LogP contribution in [0.4, 0.5) is 4.39 Å². The van der Waals surface area contributed by atoms with E-state index in [1.807, 2.05) is 18.2 Å². The Balaban J connectivity index is 2.03. The molecule has 0 atom stereocenters. The van der Waals surface area contributed by atoms with Crippen LogP contribution in [-0.4, -0.2) is 29.6 Å². The van der Waals surface area contributed by atoms with Crippen molar-refractivity contribution in [1.82, 2.24) is 4.40 Å². The fourth-order valence-corrected chi connectivity index (χ4v) is 3.36. The molecule has 4 aromatic rings. The van der Waals surface area contributed by atoms with E-state index in [1.54, 1.807) is 29.7 Å². The molecule has 0 amide bonds. The minimum Gasteiger partial charge on any atom is -0.497 e. The van der Waals surface area contributed by atoms with E-state index in [4.69, 9.17) is 10.5 Å². The molecule has 4 rings (SSSR count). The highest BCUT2D eigenvalue weighted by molar-refractivity contribution is 6.13. The van der Waals surface area contributed by atoms with Gasteiger partial charge in [-0.25, -0.2) is 4.39 Å². The first-order valence-corrected chi connectivity index (χ1v) is 8.69. The van der Waals surface area contributed by atoms with Gasteiger partial charge >= 0.3 is 0 Å². The topological polar surface area (TPSA) is 73.8 Å². The van der Waals surface area contributed by atoms with Crippen LogP contribution in [0.1, 0.15) is 26.4 Å². The average Bonchev–Trinajstić information content (AvgIpc) is 3.12. The van der Waals surface area contributed by atoms with Gasteiger partial charge in [0.2, 0.25) is 5.78 Å². The number of ketones is 2. The number of carbonyl (C=O) groups excluding carboxylic acids is 2. The molecule has 0 aliphatic carbocycles. The van der Waals surface area contributed by atoms with Crippen LogP contribution in [0.5, 0.6) is 5.75 Å². The van der Waals surface area contributed by atoms with E-state index in [-0.39, 0.29) is 18.1 Å². The number of rotatable bonds is 5. The molecule has 0 unspecified atom stereocenters. The van der Waals surface area contributed by atoms with E-state index in [0.29, 0.717) is 28.1 Å². The lowest BCUT2D eigenvalue weighted by molar-refractivity contribution is 0.100. The van der Waals surface area contributed by atoms with Crippen LogP contribution < -0.4 is 10.5 Å². The third kappa shape index (κ3) is 2.84. The van der Waals surface area contributed by atoms with Gasteiger partial charge in [0.15, 0.2) is 5.78 Å². The van der Waals surface area contributed by atoms with Crippen LogP contribution in [0.3, 0.4) is 0 Å². The molecular formula is C22H17FN2O3. The predicted molar refractivity (Wildman–Crippen MR) is 105 cm³/mol. The molecule has 0 bridgehead atoms. The van der Waals surface area contributed by atoms with Gasteiger partial charge in [0.25, 0.3) is 0 Å². The summed E-state index contributed by atoms with van der Waals surface area (Å²) in [6.07, 6.45) is 0. The third-order valence-electron chi connectivity index (χ3n) is 4.76. The van der Waals surface area contributed by atoms with Gasteiger partial charge in [0, 0.05) is 16.5 Å². The largest absolute Gasteiger partial charge is 0.497 e. The number of nitrogens with zero attached hydrogens (tertiary/aromatic N) is 1. The number of Topliss-reactive ketones (excluding diaryl/α,β-unsaturated/α-hetero) is 1. The number of fused-ring (bicyclic) bond motifs is 3. The molecule has 6 heteroatoms. The Morgan fingerprint density at radius 2 is 1.71 bits per heavy atom. The van der Waals surface area contributed by atoms with Crippen LogP contribution in [-0.2, 0) is 0 Å². The highest BCUT2D eigenvalue weighted by Crippen LogP contribution is 2.28. The lowest BCUT2D eigenvalue weighted by Crippen LogP contribution is -2.13. The summed E-state index contributed by atoms with van der Waals surface area (Å²) in [6.45, 7) is -0.162. The first-order chi connectivity index (χ1) is 13.5. The maximum absolute atomic E-state index is 13.3. The van der Waals surface area contributed by atoms with Crippen molar-refractivity contribution in [2.24, 2.45) is 5.73 Å². The lowest BCUT2D eigenvalue weighted by atomic mass is 10.1. The van der Waals surface area contributed by atoms with Crippen molar-refractivity contribution in [3.63, 3.8) is 0 Å². The van der Waals surface area contributed by atoms with Crippen LogP contribution in [0.15, 0.2) is 60.7 Å². The number of carbonyl (C=O) groups is 2. The second-order valence-electron chi connectivity index (χ2n) is 6.39. The highest BCUT2D eigenvalue weighted by atomic mass is 19.1. The Morgan fingerprint density at radius 1 is 1.00 bits per heavy atom. The smallest absolute Gasteiger partial charge is 0.209 e. The molecule has 0 spiro atoms. The number of methoxy groups -OCH3 is 1. The van der Waals surface area contributed by atoms with Crippen LogP contribution in [0, 0.1) is 5.82 Å². The molecule has 2 heterocycles. The van der Waals surface area contributed by atoms with E-state index in [2.05, 4.69) is 0 Å². The van der Waals surface area contributed by atoms with E-state index >= 15 is 0 Å². The lowest BCUT2D eigenvalue weighted by Gasteiger charge is -2.09. The van der Waals surface area contributed by atoms with Gasteiger partial charge in [0.1, 0.15) is 11.6 Å². The van der Waals surface area contributed by atoms with E-state index in [0.717, 1.165) is 10.9 Å². The average molecular weight is 376 g/mol. The minimum absolute atomic E-state index is 0.162. The molecule has 0 saturated heterocycles. The molecule has 2 aromatic carbocycles. The van der Waals surface area contributed by atoms with E-state index < -0.39 is 5.82 Å². The van der Waals surface area contributed by atoms with Crippen LogP contribution >= 0.6 is 0 Å². The number of pyridine rings is 1. The Labute approximate surface area is 160 Å². The zero-order valence-corrected chi connectivity index (χ0v) is 15.1. The highest BCUT2D eigenvalue weighted by Gasteiger charge is 2.21. The molecule has 2 N–H and O–H groups in total. The van der Waals surface area contributed by atoms with Crippen molar-refractivity contribution in [3.05, 3.63) is 83.3 Å². The Kier molecular flexibility index (Phi) is 4.41. The van der Waals surface area contributed by atoms with Crippen molar-refractivity contribution < 1.29 is 18.7 Å². The minimum atomic E-state index is -0.423. The molecule has 28 heavy (non-hydrogen) atoms. The number of halogens is 1. The van der Waals surface area contributed by atoms with Gasteiger partial charge in [-0.15, -0.1) is 0 Å². The van der Waals surface area contributed by atoms with Gasteiger partial charge in [-0.2, -0.15) is 0 Å². The second kappa shape index (κ2) is 6.90. The van der Waals surface area contributed by atoms with Gasteiger partial charge in [0.05, 0.1) is 30.4 Å². The maximum Gasteiger partial charge on any atom is 0.209 e. The molecule has 0 aliphatic heterocycles. The Hall–Kier alpha value is -3.51. The summed E-state index contributed by atoms with van der Waals surface area (Å²) >= 11 is 0. The van der Waals surface area contributed by atoms with Crippen molar-refractivity contribution in [2.45, 2.75) is 0 Å². The quantitative estimate of drug-likeness (QED) is 0.540. The summed E-state index contributed by atoms with van der Waals surface area (Å²) in [6, 6.07) is 16.0. The molecule has 140 valence electrons. The van der Waals surface area contributed by atoms with Gasteiger partial charge in [-0.05, 0) is 54.6 Å². The number of aromatic nitrogens is 1. The SMILES string of the molecule is COc1ccc2c(ccc3c(C(=O)CN)cc(C(=O)c4ccc(F)cc4)n32)c1. The molecular weight excluding hydrogens is 359 g/mol. The first-order valence-electron chi connectivity index (χ1n) is 8.69. The van der Waals surface area contributed by atoms with Gasteiger partial charge in [-0.3, -0.25) is 9.59 Å². The third-order valence-corrected chi connectivity index (χ3v) is 4.76. The Bertz CT molecular complexity index is 1230. The molecule has 0 fully saturated rings. The monoisotopic (exact) mass is 376 g/mol. The zero-order valence-electron chi connectivity index (χ0n) is 15.1. The fourth-order valence-electron chi connectivity index (χ4n) is 3.36. The molecule has 2 aromatic heterocycles. The summed E-state index contributed by atoms with van der Waals surface area (Å²) in [7, 11) is 1.58. The predicted octanol–water partition coefficient (Wildman–Crippen LogP) is 3.61. The van der Waals surface area contributed by atoms with Crippen LogP contribution in [0.25, 0.3) is 16.4 Å². The van der Waals surface area contributed by atoms with Crippen molar-refractivity contribution in [1.29, 1.82) is 0 Å².